The van der Waals surface area contributed by atoms with Crippen molar-refractivity contribution in [1.29, 1.82) is 5.26 Å². The minimum Gasteiger partial charge on any atom is -0.469 e. The van der Waals surface area contributed by atoms with E-state index in [1.807, 2.05) is 13.0 Å². The number of hydrogen-bond donors (Lipinski definition) is 0. The average Bonchev–Trinajstić information content (AvgIpc) is 2.75. The Morgan fingerprint density at radius 3 is 2.61 bits per heavy atom. The number of hydrogen-bond acceptors (Lipinski definition) is 4. The summed E-state index contributed by atoms with van der Waals surface area (Å²) in [5, 5.41) is 9.20. The molecule has 0 aliphatic rings. The van der Waals surface area contributed by atoms with Gasteiger partial charge in [0.2, 0.25) is 0 Å². The fraction of sp³-hybridized carbons (Fsp3) is 0.571. The van der Waals surface area contributed by atoms with Crippen molar-refractivity contribution in [1.82, 2.24) is 0 Å². The molecule has 0 saturated heterocycles. The standard InChI is InChI=1S/C14H19NO3/c1-5-10(12-7-6-8-17-12)11(9-15)13(16)18-14(2,3)4/h6-8,10-11H,5H2,1-4H3/t10-,11+/m1/s1. The maximum atomic E-state index is 12.0. The Labute approximate surface area is 108 Å². The summed E-state index contributed by atoms with van der Waals surface area (Å²) < 4.78 is 10.6. The lowest BCUT2D eigenvalue weighted by atomic mass is 9.89. The van der Waals surface area contributed by atoms with E-state index < -0.39 is 17.5 Å². The van der Waals surface area contributed by atoms with Crippen LogP contribution in [0.3, 0.4) is 0 Å². The van der Waals surface area contributed by atoms with E-state index in [2.05, 4.69) is 0 Å². The molecule has 0 bridgehead atoms. The fourth-order valence-corrected chi connectivity index (χ4v) is 1.78. The summed E-state index contributed by atoms with van der Waals surface area (Å²) >= 11 is 0. The van der Waals surface area contributed by atoms with Gasteiger partial charge in [-0.05, 0) is 39.3 Å². The van der Waals surface area contributed by atoms with E-state index in [1.54, 1.807) is 39.2 Å². The molecule has 0 amide bonds. The van der Waals surface area contributed by atoms with Gasteiger partial charge in [0, 0.05) is 5.92 Å². The van der Waals surface area contributed by atoms with Crippen molar-refractivity contribution in [2.24, 2.45) is 5.92 Å². The monoisotopic (exact) mass is 249 g/mol. The van der Waals surface area contributed by atoms with Gasteiger partial charge in [0.25, 0.3) is 0 Å². The lowest BCUT2D eigenvalue weighted by Gasteiger charge is -2.24. The van der Waals surface area contributed by atoms with Gasteiger partial charge in [-0.25, -0.2) is 0 Å². The quantitative estimate of drug-likeness (QED) is 0.768. The molecule has 1 rings (SSSR count). The van der Waals surface area contributed by atoms with Crippen molar-refractivity contribution in [3.05, 3.63) is 24.2 Å². The Hall–Kier alpha value is -1.76. The summed E-state index contributed by atoms with van der Waals surface area (Å²) in [6.07, 6.45) is 2.19. The van der Waals surface area contributed by atoms with Crippen LogP contribution in [0.25, 0.3) is 0 Å². The first kappa shape index (κ1) is 14.3. The summed E-state index contributed by atoms with van der Waals surface area (Å²) in [5.41, 5.74) is -0.590. The van der Waals surface area contributed by atoms with Crippen LogP contribution in [0.1, 0.15) is 45.8 Å². The largest absolute Gasteiger partial charge is 0.469 e. The lowest BCUT2D eigenvalue weighted by Crippen LogP contribution is -2.31. The Bertz CT molecular complexity index is 423. The number of furan rings is 1. The van der Waals surface area contributed by atoms with Crippen LogP contribution in [-0.4, -0.2) is 11.6 Å². The Balaban J connectivity index is 2.89. The van der Waals surface area contributed by atoms with Gasteiger partial charge in [-0.2, -0.15) is 5.26 Å². The number of nitriles is 1. The zero-order valence-electron chi connectivity index (χ0n) is 11.3. The molecule has 0 N–H and O–H groups in total. The number of carbonyl (C=O) groups excluding carboxylic acids is 1. The smallest absolute Gasteiger partial charge is 0.324 e. The van der Waals surface area contributed by atoms with Gasteiger partial charge < -0.3 is 9.15 Å². The van der Waals surface area contributed by atoms with Gasteiger partial charge in [-0.3, -0.25) is 4.79 Å². The second-order valence-electron chi connectivity index (χ2n) is 5.17. The van der Waals surface area contributed by atoms with Gasteiger partial charge in [0.1, 0.15) is 11.4 Å². The van der Waals surface area contributed by atoms with E-state index in [1.165, 1.54) is 0 Å². The van der Waals surface area contributed by atoms with Crippen LogP contribution < -0.4 is 0 Å². The highest BCUT2D eigenvalue weighted by Crippen LogP contribution is 2.30. The van der Waals surface area contributed by atoms with Crippen LogP contribution in [0.2, 0.25) is 0 Å². The molecule has 0 aliphatic carbocycles. The van der Waals surface area contributed by atoms with Crippen LogP contribution in [0.5, 0.6) is 0 Å². The molecule has 1 aromatic rings. The van der Waals surface area contributed by atoms with Gasteiger partial charge in [0.15, 0.2) is 5.92 Å². The molecular formula is C14H19NO3. The summed E-state index contributed by atoms with van der Waals surface area (Å²) in [4.78, 5) is 12.0. The topological polar surface area (TPSA) is 63.2 Å². The highest BCUT2D eigenvalue weighted by atomic mass is 16.6. The molecule has 4 heteroatoms. The third-order valence-corrected chi connectivity index (χ3v) is 2.55. The summed E-state index contributed by atoms with van der Waals surface area (Å²) in [6.45, 7) is 7.27. The molecule has 2 atom stereocenters. The predicted octanol–water partition coefficient (Wildman–Crippen LogP) is 3.25. The van der Waals surface area contributed by atoms with E-state index in [0.29, 0.717) is 12.2 Å². The predicted molar refractivity (Wildman–Crippen MR) is 66.7 cm³/mol. The Morgan fingerprint density at radius 2 is 2.22 bits per heavy atom. The second kappa shape index (κ2) is 5.72. The molecule has 0 spiro atoms. The zero-order valence-corrected chi connectivity index (χ0v) is 11.3. The van der Waals surface area contributed by atoms with Crippen molar-refractivity contribution < 1.29 is 13.9 Å². The SMILES string of the molecule is CC[C@@H](c1ccco1)[C@H](C#N)C(=O)OC(C)(C)C. The number of rotatable bonds is 4. The molecule has 1 aromatic heterocycles. The normalized spacial score (nSPS) is 14.6. The summed E-state index contributed by atoms with van der Waals surface area (Å²) in [7, 11) is 0. The highest BCUT2D eigenvalue weighted by molar-refractivity contribution is 5.76. The summed E-state index contributed by atoms with van der Waals surface area (Å²) in [6, 6.07) is 5.56. The van der Waals surface area contributed by atoms with E-state index in [9.17, 15) is 10.1 Å². The number of ether oxygens (including phenoxy) is 1. The maximum absolute atomic E-state index is 12.0. The highest BCUT2D eigenvalue weighted by Gasteiger charge is 2.33. The third kappa shape index (κ3) is 3.63. The molecule has 4 nitrogen and oxygen atoms in total. The Morgan fingerprint density at radius 1 is 1.56 bits per heavy atom. The molecule has 0 aliphatic heterocycles. The first-order valence-electron chi connectivity index (χ1n) is 6.05. The lowest BCUT2D eigenvalue weighted by molar-refractivity contribution is -0.158. The first-order valence-corrected chi connectivity index (χ1v) is 6.05. The molecule has 98 valence electrons. The zero-order chi connectivity index (χ0) is 13.8. The molecular weight excluding hydrogens is 230 g/mol. The van der Waals surface area contributed by atoms with Crippen molar-refractivity contribution >= 4 is 5.97 Å². The fourth-order valence-electron chi connectivity index (χ4n) is 1.78. The maximum Gasteiger partial charge on any atom is 0.324 e. The first-order chi connectivity index (χ1) is 8.39. The van der Waals surface area contributed by atoms with Crippen molar-refractivity contribution in [3.8, 4) is 6.07 Å². The van der Waals surface area contributed by atoms with Crippen LogP contribution in [0, 0.1) is 17.2 Å². The van der Waals surface area contributed by atoms with E-state index >= 15 is 0 Å². The van der Waals surface area contributed by atoms with Crippen molar-refractivity contribution in [2.45, 2.75) is 45.6 Å². The number of nitrogens with zero attached hydrogens (tertiary/aromatic N) is 1. The molecule has 0 radical (unpaired) electrons. The summed E-state index contributed by atoms with van der Waals surface area (Å²) in [5.74, 6) is -0.941. The molecule has 0 unspecified atom stereocenters. The van der Waals surface area contributed by atoms with Crippen LogP contribution in [0.4, 0.5) is 0 Å². The van der Waals surface area contributed by atoms with E-state index in [4.69, 9.17) is 9.15 Å². The van der Waals surface area contributed by atoms with Gasteiger partial charge in [0.05, 0.1) is 12.3 Å². The van der Waals surface area contributed by atoms with Crippen LogP contribution >= 0.6 is 0 Å². The Kier molecular flexibility index (Phi) is 4.55. The average molecular weight is 249 g/mol. The van der Waals surface area contributed by atoms with Crippen molar-refractivity contribution in [2.75, 3.05) is 0 Å². The molecule has 1 heterocycles. The van der Waals surface area contributed by atoms with Crippen molar-refractivity contribution in [3.63, 3.8) is 0 Å². The van der Waals surface area contributed by atoms with E-state index in [0.717, 1.165) is 0 Å². The minimum atomic E-state index is -0.833. The van der Waals surface area contributed by atoms with Gasteiger partial charge in [-0.15, -0.1) is 0 Å². The van der Waals surface area contributed by atoms with Crippen LogP contribution in [-0.2, 0) is 9.53 Å². The second-order valence-corrected chi connectivity index (χ2v) is 5.17. The molecule has 0 aromatic carbocycles. The van der Waals surface area contributed by atoms with Gasteiger partial charge >= 0.3 is 5.97 Å². The number of esters is 1. The molecule has 0 fully saturated rings. The van der Waals surface area contributed by atoms with Gasteiger partial charge in [-0.1, -0.05) is 6.92 Å². The van der Waals surface area contributed by atoms with Crippen LogP contribution in [0.15, 0.2) is 22.8 Å². The minimum absolute atomic E-state index is 0.264. The van der Waals surface area contributed by atoms with E-state index in [-0.39, 0.29) is 5.92 Å². The third-order valence-electron chi connectivity index (χ3n) is 2.55. The molecule has 18 heavy (non-hydrogen) atoms. The molecule has 0 saturated carbocycles. The number of carbonyl (C=O) groups is 1.